The number of ether oxygens (including phenoxy) is 1. The van der Waals surface area contributed by atoms with Gasteiger partial charge in [-0.05, 0) is 30.2 Å². The first-order valence-electron chi connectivity index (χ1n) is 7.35. The monoisotopic (exact) mass is 299 g/mol. The predicted octanol–water partition coefficient (Wildman–Crippen LogP) is 1.82. The highest BCUT2D eigenvalue weighted by molar-refractivity contribution is 5.93. The number of aromatic hydroxyl groups is 1. The van der Waals surface area contributed by atoms with E-state index in [1.807, 2.05) is 12.1 Å². The number of phenols is 1. The summed E-state index contributed by atoms with van der Waals surface area (Å²) in [6.45, 7) is 0.601. The molecule has 5 nitrogen and oxygen atoms in total. The molecule has 3 aliphatic rings. The fraction of sp³-hybridized carbons (Fsp3) is 0.412. The first-order valence-corrected chi connectivity index (χ1v) is 7.35. The summed E-state index contributed by atoms with van der Waals surface area (Å²) in [5.41, 5.74) is 0.603. The van der Waals surface area contributed by atoms with Crippen molar-refractivity contribution in [1.29, 1.82) is 0 Å². The molecule has 1 N–H and O–H groups in total. The molecule has 114 valence electrons. The summed E-state index contributed by atoms with van der Waals surface area (Å²) in [4.78, 5) is 25.0. The van der Waals surface area contributed by atoms with E-state index in [1.54, 1.807) is 23.1 Å². The molecule has 0 radical (unpaired) electrons. The number of piperidine rings is 1. The van der Waals surface area contributed by atoms with Gasteiger partial charge in [-0.2, -0.15) is 0 Å². The molecule has 1 amide bonds. The maximum absolute atomic E-state index is 11.8. The minimum atomic E-state index is -0.164. The molecule has 2 aliphatic carbocycles. The van der Waals surface area contributed by atoms with E-state index < -0.39 is 0 Å². The van der Waals surface area contributed by atoms with Gasteiger partial charge in [0, 0.05) is 23.8 Å². The summed E-state index contributed by atoms with van der Waals surface area (Å²) in [6, 6.07) is 5.12. The third kappa shape index (κ3) is 1.48. The molecule has 22 heavy (non-hydrogen) atoms. The van der Waals surface area contributed by atoms with Crippen molar-refractivity contribution in [2.24, 2.45) is 10.8 Å². The van der Waals surface area contributed by atoms with Gasteiger partial charge in [0.05, 0.1) is 13.2 Å². The molecular weight excluding hydrogens is 282 g/mol. The molecule has 1 aromatic carbocycles. The smallest absolute Gasteiger partial charge is 0.210 e. The highest BCUT2D eigenvalue weighted by atomic mass is 16.5. The number of amides is 1. The Balaban J connectivity index is 1.80. The largest absolute Gasteiger partial charge is 0.504 e. The quantitative estimate of drug-likeness (QED) is 0.865. The Hall–Kier alpha value is -2.30. The van der Waals surface area contributed by atoms with Crippen molar-refractivity contribution in [2.45, 2.75) is 18.9 Å². The second kappa shape index (κ2) is 4.12. The Labute approximate surface area is 128 Å². The van der Waals surface area contributed by atoms with Gasteiger partial charge in [-0.25, -0.2) is 0 Å². The molecule has 1 heterocycles. The van der Waals surface area contributed by atoms with E-state index in [-0.39, 0.29) is 28.4 Å². The van der Waals surface area contributed by atoms with Crippen LogP contribution in [0.5, 0.6) is 11.5 Å². The molecule has 1 saturated heterocycles. The van der Waals surface area contributed by atoms with Crippen molar-refractivity contribution < 1.29 is 19.4 Å². The molecule has 0 aromatic heterocycles. The van der Waals surface area contributed by atoms with Crippen LogP contribution in [0.1, 0.15) is 24.4 Å². The standard InChI is InChI=1S/C17H17NO4/c1-22-14-3-2-11(6-13(14)21)15-17-5-4-12(20)7-16(17,8-17)9-18(15)10-19/h2-6,10,15,21H,7-9H2,1H3/t15-,16-,17+/m0/s1. The van der Waals surface area contributed by atoms with Crippen LogP contribution in [-0.4, -0.2) is 35.9 Å². The Morgan fingerprint density at radius 1 is 1.45 bits per heavy atom. The number of likely N-dealkylation sites (tertiary alicyclic amines) is 1. The number of carbonyl (C=O) groups excluding carboxylic acids is 2. The maximum Gasteiger partial charge on any atom is 0.210 e. The molecular formula is C17H17NO4. The zero-order valence-corrected chi connectivity index (χ0v) is 12.3. The Kier molecular flexibility index (Phi) is 2.50. The second-order valence-corrected chi connectivity index (χ2v) is 6.59. The molecule has 0 bridgehead atoms. The number of hydrogen-bond acceptors (Lipinski definition) is 4. The van der Waals surface area contributed by atoms with Gasteiger partial charge in [-0.15, -0.1) is 0 Å². The highest BCUT2D eigenvalue weighted by Crippen LogP contribution is 2.78. The zero-order valence-electron chi connectivity index (χ0n) is 12.3. The van der Waals surface area contributed by atoms with Crippen molar-refractivity contribution in [2.75, 3.05) is 13.7 Å². The molecule has 1 aliphatic heterocycles. The Morgan fingerprint density at radius 3 is 2.95 bits per heavy atom. The average Bonchev–Trinajstić information content (AvgIpc) is 3.06. The van der Waals surface area contributed by atoms with Crippen LogP contribution < -0.4 is 4.74 Å². The normalized spacial score (nSPS) is 35.0. The molecule has 2 fully saturated rings. The van der Waals surface area contributed by atoms with Crippen molar-refractivity contribution in [3.63, 3.8) is 0 Å². The number of methoxy groups -OCH3 is 1. The van der Waals surface area contributed by atoms with E-state index in [2.05, 4.69) is 0 Å². The average molecular weight is 299 g/mol. The van der Waals surface area contributed by atoms with Crippen LogP contribution in [0.3, 0.4) is 0 Å². The first kappa shape index (κ1) is 13.4. The zero-order chi connectivity index (χ0) is 15.5. The van der Waals surface area contributed by atoms with E-state index in [1.165, 1.54) is 7.11 Å². The SMILES string of the molecule is COc1ccc([C@@H]2N(C=O)C[C@@]34CC(=O)C=C[C@@]23C4)cc1O. The van der Waals surface area contributed by atoms with Crippen molar-refractivity contribution >= 4 is 12.2 Å². The Morgan fingerprint density at radius 2 is 2.27 bits per heavy atom. The number of benzene rings is 1. The van der Waals surface area contributed by atoms with E-state index in [0.717, 1.165) is 18.4 Å². The van der Waals surface area contributed by atoms with Gasteiger partial charge in [0.1, 0.15) is 0 Å². The lowest BCUT2D eigenvalue weighted by Gasteiger charge is -2.28. The highest BCUT2D eigenvalue weighted by Gasteiger charge is 2.76. The summed E-state index contributed by atoms with van der Waals surface area (Å²) < 4.78 is 5.08. The molecule has 4 rings (SSSR count). The first-order chi connectivity index (χ1) is 10.5. The second-order valence-electron chi connectivity index (χ2n) is 6.59. The summed E-state index contributed by atoms with van der Waals surface area (Å²) in [5.74, 6) is 0.613. The molecule has 0 spiro atoms. The van der Waals surface area contributed by atoms with Gasteiger partial charge in [0.2, 0.25) is 6.41 Å². The molecule has 3 atom stereocenters. The number of phenolic OH excluding ortho intramolecular Hbond substituents is 1. The van der Waals surface area contributed by atoms with Crippen LogP contribution in [0.2, 0.25) is 0 Å². The Bertz CT molecular complexity index is 713. The topological polar surface area (TPSA) is 66.8 Å². The molecule has 5 heteroatoms. The van der Waals surface area contributed by atoms with E-state index in [4.69, 9.17) is 4.74 Å². The summed E-state index contributed by atoms with van der Waals surface area (Å²) in [7, 11) is 1.50. The summed E-state index contributed by atoms with van der Waals surface area (Å²) >= 11 is 0. The minimum absolute atomic E-state index is 0.0660. The third-order valence-electron chi connectivity index (χ3n) is 5.53. The summed E-state index contributed by atoms with van der Waals surface area (Å²) in [5, 5.41) is 10.0. The van der Waals surface area contributed by atoms with Crippen molar-refractivity contribution in [3.8, 4) is 11.5 Å². The van der Waals surface area contributed by atoms with Crippen LogP contribution in [0.15, 0.2) is 30.4 Å². The molecule has 1 saturated carbocycles. The van der Waals surface area contributed by atoms with Crippen LogP contribution in [0, 0.1) is 10.8 Å². The number of hydrogen-bond donors (Lipinski definition) is 1. The number of rotatable bonds is 3. The van der Waals surface area contributed by atoms with Crippen LogP contribution >= 0.6 is 0 Å². The number of nitrogens with zero attached hydrogens (tertiary/aromatic N) is 1. The molecule has 1 aromatic rings. The third-order valence-corrected chi connectivity index (χ3v) is 5.53. The van der Waals surface area contributed by atoms with E-state index in [9.17, 15) is 14.7 Å². The van der Waals surface area contributed by atoms with Gasteiger partial charge >= 0.3 is 0 Å². The van der Waals surface area contributed by atoms with Gasteiger partial charge in [-0.1, -0.05) is 12.1 Å². The summed E-state index contributed by atoms with van der Waals surface area (Å²) in [6.07, 6.45) is 5.91. The van der Waals surface area contributed by atoms with Crippen molar-refractivity contribution in [1.82, 2.24) is 4.90 Å². The van der Waals surface area contributed by atoms with Crippen LogP contribution in [0.25, 0.3) is 0 Å². The minimum Gasteiger partial charge on any atom is -0.504 e. The lowest BCUT2D eigenvalue weighted by Crippen LogP contribution is -2.28. The fourth-order valence-corrected chi connectivity index (χ4v) is 4.55. The number of carbonyl (C=O) groups is 2. The van der Waals surface area contributed by atoms with E-state index in [0.29, 0.717) is 18.7 Å². The molecule has 0 unspecified atom stereocenters. The van der Waals surface area contributed by atoms with Crippen LogP contribution in [-0.2, 0) is 9.59 Å². The van der Waals surface area contributed by atoms with Crippen LogP contribution in [0.4, 0.5) is 0 Å². The van der Waals surface area contributed by atoms with E-state index >= 15 is 0 Å². The van der Waals surface area contributed by atoms with Crippen molar-refractivity contribution in [3.05, 3.63) is 35.9 Å². The maximum atomic E-state index is 11.8. The lowest BCUT2D eigenvalue weighted by atomic mass is 9.80. The fourth-order valence-electron chi connectivity index (χ4n) is 4.55. The lowest BCUT2D eigenvalue weighted by molar-refractivity contribution is -0.120. The van der Waals surface area contributed by atoms with Gasteiger partial charge in [0.25, 0.3) is 0 Å². The van der Waals surface area contributed by atoms with Gasteiger partial charge in [0.15, 0.2) is 17.3 Å². The number of ketones is 1. The predicted molar refractivity (Wildman–Crippen MR) is 78.4 cm³/mol. The van der Waals surface area contributed by atoms with Gasteiger partial charge < -0.3 is 14.7 Å². The number of allylic oxidation sites excluding steroid dienone is 1. The van der Waals surface area contributed by atoms with Gasteiger partial charge in [-0.3, -0.25) is 9.59 Å².